The quantitative estimate of drug-likeness (QED) is 0.778. The SMILES string of the molecule is CC1CN(c2ccc(C#N)c3ncccc23)CC(C(=O)NC2CCCCNC2)O1.Cl. The number of nitrogens with zero attached hydrogens (tertiary/aromatic N) is 3. The standard InChI is InChI=1S/C22H27N5O2.ClH/c1-15-13-27(19-8-7-16(11-23)21-18(19)6-4-10-25-21)14-20(29-15)22(28)26-17-5-2-3-9-24-12-17;/h4,6-8,10,15,17,20,24H,2-3,5,9,12-14H2,1H3,(H,26,28);1H. The molecule has 1 amide bonds. The number of ether oxygens (including phenoxy) is 1. The molecule has 3 unspecified atom stereocenters. The molecule has 0 radical (unpaired) electrons. The van der Waals surface area contributed by atoms with Crippen LogP contribution in [0.4, 0.5) is 5.69 Å². The van der Waals surface area contributed by atoms with Crippen molar-refractivity contribution in [2.75, 3.05) is 31.1 Å². The second kappa shape index (κ2) is 10.1. The number of carbonyl (C=O) groups is 1. The lowest BCUT2D eigenvalue weighted by molar-refractivity contribution is -0.138. The Balaban J connectivity index is 0.00000256. The Bertz CT molecular complexity index is 923. The number of halogens is 1. The van der Waals surface area contributed by atoms with Crippen molar-refractivity contribution < 1.29 is 9.53 Å². The molecule has 2 aromatic rings. The van der Waals surface area contributed by atoms with E-state index in [0.29, 0.717) is 24.2 Å². The van der Waals surface area contributed by atoms with E-state index in [0.717, 1.165) is 43.4 Å². The van der Waals surface area contributed by atoms with Crippen LogP contribution in [0.1, 0.15) is 31.7 Å². The number of nitrogens with one attached hydrogen (secondary N) is 2. The fraction of sp³-hybridized carbons (Fsp3) is 0.500. The van der Waals surface area contributed by atoms with Gasteiger partial charge in [-0.25, -0.2) is 0 Å². The van der Waals surface area contributed by atoms with Gasteiger partial charge in [0, 0.05) is 36.4 Å². The van der Waals surface area contributed by atoms with Crippen molar-refractivity contribution in [3.63, 3.8) is 0 Å². The van der Waals surface area contributed by atoms with E-state index in [-0.39, 0.29) is 30.5 Å². The molecule has 0 saturated carbocycles. The summed E-state index contributed by atoms with van der Waals surface area (Å²) in [5.41, 5.74) is 2.23. The molecule has 0 spiro atoms. The molecule has 3 heterocycles. The highest BCUT2D eigenvalue weighted by molar-refractivity contribution is 5.95. The van der Waals surface area contributed by atoms with Crippen molar-refractivity contribution in [1.29, 1.82) is 5.26 Å². The summed E-state index contributed by atoms with van der Waals surface area (Å²) in [5, 5.41) is 16.9. The Morgan fingerprint density at radius 2 is 2.20 bits per heavy atom. The van der Waals surface area contributed by atoms with Gasteiger partial charge >= 0.3 is 0 Å². The van der Waals surface area contributed by atoms with Crippen LogP contribution in [0.2, 0.25) is 0 Å². The first-order valence-corrected chi connectivity index (χ1v) is 10.3. The summed E-state index contributed by atoms with van der Waals surface area (Å²) in [5.74, 6) is -0.0497. The van der Waals surface area contributed by atoms with Gasteiger partial charge in [-0.05, 0) is 50.6 Å². The minimum absolute atomic E-state index is 0. The molecule has 2 fully saturated rings. The Morgan fingerprint density at radius 1 is 1.33 bits per heavy atom. The van der Waals surface area contributed by atoms with E-state index in [1.54, 1.807) is 12.3 Å². The van der Waals surface area contributed by atoms with Crippen molar-refractivity contribution in [2.45, 2.75) is 44.4 Å². The highest BCUT2D eigenvalue weighted by atomic mass is 35.5. The first-order chi connectivity index (χ1) is 14.2. The first kappa shape index (κ1) is 22.3. The van der Waals surface area contributed by atoms with Crippen molar-refractivity contribution in [3.05, 3.63) is 36.0 Å². The number of nitriles is 1. The van der Waals surface area contributed by atoms with Crippen LogP contribution >= 0.6 is 12.4 Å². The van der Waals surface area contributed by atoms with Gasteiger partial charge in [0.05, 0.1) is 23.7 Å². The summed E-state index contributed by atoms with van der Waals surface area (Å²) >= 11 is 0. The summed E-state index contributed by atoms with van der Waals surface area (Å²) in [4.78, 5) is 19.5. The van der Waals surface area contributed by atoms with E-state index >= 15 is 0 Å². The van der Waals surface area contributed by atoms with E-state index < -0.39 is 6.10 Å². The number of hydrogen-bond donors (Lipinski definition) is 2. The number of aromatic nitrogens is 1. The zero-order valence-electron chi connectivity index (χ0n) is 17.1. The van der Waals surface area contributed by atoms with Crippen molar-refractivity contribution >= 4 is 34.9 Å². The van der Waals surface area contributed by atoms with E-state index in [1.807, 2.05) is 25.1 Å². The van der Waals surface area contributed by atoms with Crippen LogP contribution in [-0.4, -0.2) is 55.3 Å². The maximum Gasteiger partial charge on any atom is 0.251 e. The molecule has 7 nitrogen and oxygen atoms in total. The van der Waals surface area contributed by atoms with Crippen LogP contribution < -0.4 is 15.5 Å². The Hall–Kier alpha value is -2.40. The smallest absolute Gasteiger partial charge is 0.251 e. The molecule has 2 aliphatic heterocycles. The van der Waals surface area contributed by atoms with Gasteiger partial charge in [0.25, 0.3) is 5.91 Å². The third-order valence-corrected chi connectivity index (χ3v) is 5.65. The molecule has 3 atom stereocenters. The Labute approximate surface area is 183 Å². The van der Waals surface area contributed by atoms with Gasteiger partial charge in [0.1, 0.15) is 6.07 Å². The highest BCUT2D eigenvalue weighted by Gasteiger charge is 2.32. The highest BCUT2D eigenvalue weighted by Crippen LogP contribution is 2.30. The molecule has 4 rings (SSSR count). The van der Waals surface area contributed by atoms with Gasteiger partial charge in [-0.1, -0.05) is 6.42 Å². The molecule has 0 aliphatic carbocycles. The molecule has 2 aliphatic rings. The van der Waals surface area contributed by atoms with E-state index in [9.17, 15) is 10.1 Å². The molecule has 1 aromatic heterocycles. The number of amides is 1. The van der Waals surface area contributed by atoms with E-state index in [2.05, 4.69) is 26.6 Å². The molecule has 0 bridgehead atoms. The third-order valence-electron chi connectivity index (χ3n) is 5.65. The minimum atomic E-state index is -0.524. The molecule has 1 aromatic carbocycles. The molecule has 8 heteroatoms. The molecule has 2 N–H and O–H groups in total. The van der Waals surface area contributed by atoms with Crippen molar-refractivity contribution in [3.8, 4) is 6.07 Å². The van der Waals surface area contributed by atoms with Gasteiger partial charge in [0.15, 0.2) is 6.10 Å². The van der Waals surface area contributed by atoms with Gasteiger partial charge in [-0.2, -0.15) is 5.26 Å². The fourth-order valence-electron chi connectivity index (χ4n) is 4.25. The fourth-order valence-corrected chi connectivity index (χ4v) is 4.25. The second-order valence-electron chi connectivity index (χ2n) is 7.89. The Morgan fingerprint density at radius 3 is 3.03 bits per heavy atom. The average Bonchev–Trinajstić information content (AvgIpc) is 3.01. The predicted molar refractivity (Wildman–Crippen MR) is 119 cm³/mol. The zero-order valence-corrected chi connectivity index (χ0v) is 18.0. The van der Waals surface area contributed by atoms with Crippen LogP contribution in [0.3, 0.4) is 0 Å². The predicted octanol–water partition coefficient (Wildman–Crippen LogP) is 2.38. The van der Waals surface area contributed by atoms with Crippen LogP contribution in [0.25, 0.3) is 10.9 Å². The summed E-state index contributed by atoms with van der Waals surface area (Å²) < 4.78 is 5.99. The van der Waals surface area contributed by atoms with E-state index in [4.69, 9.17) is 4.74 Å². The summed E-state index contributed by atoms with van der Waals surface area (Å²) in [7, 11) is 0. The number of carbonyl (C=O) groups excluding carboxylic acids is 1. The van der Waals surface area contributed by atoms with Crippen LogP contribution in [0.15, 0.2) is 30.5 Å². The molecular formula is C22H28ClN5O2. The van der Waals surface area contributed by atoms with Crippen LogP contribution in [0.5, 0.6) is 0 Å². The maximum atomic E-state index is 12.9. The number of morpholine rings is 1. The van der Waals surface area contributed by atoms with Gasteiger partial charge in [-0.3, -0.25) is 9.78 Å². The summed E-state index contributed by atoms with van der Waals surface area (Å²) in [6.45, 7) is 4.97. The number of rotatable bonds is 3. The largest absolute Gasteiger partial charge is 0.365 e. The summed E-state index contributed by atoms with van der Waals surface area (Å²) in [6.07, 6.45) is 4.37. The number of benzene rings is 1. The molecule has 2 saturated heterocycles. The molecule has 160 valence electrons. The maximum absolute atomic E-state index is 12.9. The lowest BCUT2D eigenvalue weighted by Crippen LogP contribution is -2.55. The van der Waals surface area contributed by atoms with E-state index in [1.165, 1.54) is 0 Å². The van der Waals surface area contributed by atoms with Crippen LogP contribution in [0, 0.1) is 11.3 Å². The second-order valence-corrected chi connectivity index (χ2v) is 7.89. The number of pyridine rings is 1. The van der Waals surface area contributed by atoms with Gasteiger partial charge < -0.3 is 20.3 Å². The number of hydrogen-bond acceptors (Lipinski definition) is 6. The lowest BCUT2D eigenvalue weighted by Gasteiger charge is -2.38. The first-order valence-electron chi connectivity index (χ1n) is 10.3. The Kier molecular flexibility index (Phi) is 7.48. The monoisotopic (exact) mass is 429 g/mol. The topological polar surface area (TPSA) is 90.3 Å². The van der Waals surface area contributed by atoms with Crippen LogP contribution in [-0.2, 0) is 9.53 Å². The zero-order chi connectivity index (χ0) is 20.2. The number of fused-ring (bicyclic) bond motifs is 1. The van der Waals surface area contributed by atoms with Gasteiger partial charge in [-0.15, -0.1) is 12.4 Å². The normalized spacial score (nSPS) is 24.4. The minimum Gasteiger partial charge on any atom is -0.365 e. The molecular weight excluding hydrogens is 402 g/mol. The lowest BCUT2D eigenvalue weighted by atomic mass is 10.1. The summed E-state index contributed by atoms with van der Waals surface area (Å²) in [6, 6.07) is 9.97. The third kappa shape index (κ3) is 4.84. The van der Waals surface area contributed by atoms with Crippen molar-refractivity contribution in [1.82, 2.24) is 15.6 Å². The van der Waals surface area contributed by atoms with Crippen molar-refractivity contribution in [2.24, 2.45) is 0 Å². The number of anilines is 1. The molecule has 30 heavy (non-hydrogen) atoms. The van der Waals surface area contributed by atoms with Gasteiger partial charge in [0.2, 0.25) is 0 Å². The average molecular weight is 430 g/mol.